The van der Waals surface area contributed by atoms with Crippen molar-refractivity contribution in [3.8, 4) is 22.8 Å². The molecule has 3 heterocycles. The Hall–Kier alpha value is -3.82. The molecule has 0 spiro atoms. The summed E-state index contributed by atoms with van der Waals surface area (Å²) in [5, 5.41) is 25.4. The van der Waals surface area contributed by atoms with E-state index in [4.69, 9.17) is 14.5 Å². The fourth-order valence-electron chi connectivity index (χ4n) is 7.56. The predicted molar refractivity (Wildman–Crippen MR) is 211 cm³/mol. The van der Waals surface area contributed by atoms with Crippen LogP contribution in [-0.4, -0.2) is 107 Å². The lowest BCUT2D eigenvalue weighted by Crippen LogP contribution is -2.62. The fourth-order valence-corrected chi connectivity index (χ4v) is 9.11. The number of sulfonamides is 1. The molecule has 2 aromatic carbocycles. The zero-order valence-corrected chi connectivity index (χ0v) is 33.6. The van der Waals surface area contributed by atoms with Crippen molar-refractivity contribution in [3.63, 3.8) is 0 Å². The summed E-state index contributed by atoms with van der Waals surface area (Å²) < 4.78 is 39.9. The summed E-state index contributed by atoms with van der Waals surface area (Å²) in [7, 11) is -2.17. The van der Waals surface area contributed by atoms with Crippen LogP contribution in [0.15, 0.2) is 54.6 Å². The molecule has 6 rings (SSSR count). The van der Waals surface area contributed by atoms with Crippen LogP contribution in [0.5, 0.6) is 11.5 Å². The highest BCUT2D eigenvalue weighted by Crippen LogP contribution is 2.38. The van der Waals surface area contributed by atoms with Crippen LogP contribution in [0.1, 0.15) is 79.6 Å². The van der Waals surface area contributed by atoms with E-state index in [0.717, 1.165) is 43.3 Å². The van der Waals surface area contributed by atoms with Crippen LogP contribution in [-0.2, 0) is 19.6 Å². The van der Waals surface area contributed by atoms with Crippen molar-refractivity contribution in [2.45, 2.75) is 115 Å². The van der Waals surface area contributed by atoms with Crippen LogP contribution in [0.3, 0.4) is 0 Å². The van der Waals surface area contributed by atoms with Crippen molar-refractivity contribution >= 4 is 32.7 Å². The predicted octanol–water partition coefficient (Wildman–Crippen LogP) is 4.41. The Kier molecular flexibility index (Phi) is 12.1. The standard InChI is InChI=1S/C41H57N5O8S/c1-40(2,3)31(23-36(47)45-19-11-8-12-20-45)38(49)46-25-28(22-34(46)37(48)43-41(4,5)39(50)44-55(51,52)29-16-17-29)54-35-24-32(26-13-9-7-10-14-26)42-33-21-27(53-6)15-18-30(33)35/h7,9-10,13-15,18,21,24,28-29,31,34,36,39,44,47,50H,8,11-12,16-17,19-20,22-23,25H2,1-6H3,(H,43,48)/t28?,31-,34+,36?,39?/m1/s1. The molecule has 1 aromatic heterocycles. The average molecular weight is 780 g/mol. The molecule has 13 nitrogen and oxygen atoms in total. The number of nitrogens with one attached hydrogen (secondary N) is 2. The van der Waals surface area contributed by atoms with Gasteiger partial charge in [-0.15, -0.1) is 0 Å². The number of amides is 2. The lowest BCUT2D eigenvalue weighted by Gasteiger charge is -2.39. The monoisotopic (exact) mass is 779 g/mol. The maximum Gasteiger partial charge on any atom is 0.243 e. The van der Waals surface area contributed by atoms with Gasteiger partial charge in [0.25, 0.3) is 0 Å². The Morgan fingerprint density at radius 3 is 2.31 bits per heavy atom. The first-order valence-corrected chi connectivity index (χ1v) is 21.0. The maximum atomic E-state index is 14.8. The van der Waals surface area contributed by atoms with Crippen molar-refractivity contribution in [2.75, 3.05) is 26.7 Å². The van der Waals surface area contributed by atoms with Crippen molar-refractivity contribution in [3.05, 3.63) is 54.6 Å². The first kappa shape index (κ1) is 40.8. The molecule has 2 saturated heterocycles. The summed E-state index contributed by atoms with van der Waals surface area (Å²) in [6.07, 6.45) is 1.39. The number of carbonyl (C=O) groups excluding carboxylic acids is 2. The average Bonchev–Trinajstić information content (AvgIpc) is 3.94. The minimum atomic E-state index is -3.76. The minimum Gasteiger partial charge on any atom is -0.497 e. The molecule has 55 heavy (non-hydrogen) atoms. The van der Waals surface area contributed by atoms with Crippen molar-refractivity contribution in [1.82, 2.24) is 24.8 Å². The van der Waals surface area contributed by atoms with Crippen LogP contribution in [0.4, 0.5) is 0 Å². The molecule has 5 atom stereocenters. The number of aromatic nitrogens is 1. The van der Waals surface area contributed by atoms with Crippen LogP contribution in [0, 0.1) is 11.3 Å². The highest BCUT2D eigenvalue weighted by Gasteiger charge is 2.48. The summed E-state index contributed by atoms with van der Waals surface area (Å²) in [4.78, 5) is 37.6. The van der Waals surface area contributed by atoms with Gasteiger partial charge in [0, 0.05) is 48.5 Å². The van der Waals surface area contributed by atoms with E-state index in [-0.39, 0.29) is 25.3 Å². The van der Waals surface area contributed by atoms with Gasteiger partial charge >= 0.3 is 0 Å². The Morgan fingerprint density at radius 1 is 0.982 bits per heavy atom. The Balaban J connectivity index is 1.31. The molecule has 0 radical (unpaired) electrons. The largest absolute Gasteiger partial charge is 0.497 e. The number of piperidine rings is 1. The second-order valence-corrected chi connectivity index (χ2v) is 18.9. The third kappa shape index (κ3) is 9.60. The van der Waals surface area contributed by atoms with Gasteiger partial charge in [0.2, 0.25) is 21.8 Å². The van der Waals surface area contributed by atoms with E-state index in [2.05, 4.69) is 10.0 Å². The smallest absolute Gasteiger partial charge is 0.243 e. The summed E-state index contributed by atoms with van der Waals surface area (Å²) in [6.45, 7) is 10.6. The van der Waals surface area contributed by atoms with Gasteiger partial charge in [0.1, 0.15) is 36.1 Å². The van der Waals surface area contributed by atoms with Gasteiger partial charge in [-0.25, -0.2) is 13.4 Å². The number of hydrogen-bond donors (Lipinski definition) is 4. The molecular formula is C41H57N5O8S. The summed E-state index contributed by atoms with van der Waals surface area (Å²) in [5.41, 5.74) is 0.233. The molecule has 0 bridgehead atoms. The van der Waals surface area contributed by atoms with Gasteiger partial charge < -0.3 is 29.9 Å². The van der Waals surface area contributed by atoms with Gasteiger partial charge in [-0.05, 0) is 63.5 Å². The van der Waals surface area contributed by atoms with E-state index >= 15 is 0 Å². The van der Waals surface area contributed by atoms with E-state index in [1.54, 1.807) is 12.0 Å². The Morgan fingerprint density at radius 2 is 1.67 bits per heavy atom. The maximum absolute atomic E-state index is 14.8. The molecule has 4 N–H and O–H groups in total. The number of aliphatic hydroxyl groups excluding tert-OH is 2. The topological polar surface area (TPSA) is 171 Å². The highest BCUT2D eigenvalue weighted by molar-refractivity contribution is 7.90. The van der Waals surface area contributed by atoms with Crippen LogP contribution in [0.2, 0.25) is 0 Å². The molecular weight excluding hydrogens is 723 g/mol. The van der Waals surface area contributed by atoms with Gasteiger partial charge in [-0.3, -0.25) is 14.5 Å². The van der Waals surface area contributed by atoms with Crippen molar-refractivity contribution < 1.29 is 37.7 Å². The molecule has 3 unspecified atom stereocenters. The molecule has 3 aliphatic rings. The number of pyridine rings is 1. The summed E-state index contributed by atoms with van der Waals surface area (Å²) >= 11 is 0. The SMILES string of the molecule is COc1ccc2c(OC3C[C@@H](C(=O)NC(C)(C)C(O)NS(=O)(=O)C4CC4)N(C(=O)[C@@H](CC(O)N4CCCCC4)C(C)(C)C)C3)cc(-c3ccccc3)nc2c1. The molecule has 14 heteroatoms. The number of rotatable bonds is 14. The molecule has 300 valence electrons. The zero-order valence-electron chi connectivity index (χ0n) is 32.8. The summed E-state index contributed by atoms with van der Waals surface area (Å²) in [5.74, 6) is -0.302. The quantitative estimate of drug-likeness (QED) is 0.172. The molecule has 2 aliphatic heterocycles. The lowest BCUT2D eigenvalue weighted by atomic mass is 9.77. The van der Waals surface area contributed by atoms with E-state index in [1.165, 1.54) is 13.8 Å². The van der Waals surface area contributed by atoms with Crippen LogP contribution in [0.25, 0.3) is 22.2 Å². The summed E-state index contributed by atoms with van der Waals surface area (Å²) in [6, 6.07) is 16.1. The number of nitrogens with zero attached hydrogens (tertiary/aromatic N) is 3. The second kappa shape index (κ2) is 16.3. The van der Waals surface area contributed by atoms with Gasteiger partial charge in [-0.2, -0.15) is 4.72 Å². The third-order valence-electron chi connectivity index (χ3n) is 11.2. The minimum absolute atomic E-state index is 0.0846. The Bertz CT molecular complexity index is 1940. The third-order valence-corrected chi connectivity index (χ3v) is 13.1. The molecule has 1 saturated carbocycles. The molecule has 2 amide bonds. The number of fused-ring (bicyclic) bond motifs is 1. The van der Waals surface area contributed by atoms with E-state index in [9.17, 15) is 28.2 Å². The van der Waals surface area contributed by atoms with Gasteiger partial charge in [0.15, 0.2) is 0 Å². The first-order chi connectivity index (χ1) is 26.0. The number of ether oxygens (including phenoxy) is 2. The molecule has 3 fully saturated rings. The van der Waals surface area contributed by atoms with E-state index in [0.29, 0.717) is 35.6 Å². The van der Waals surface area contributed by atoms with Crippen LogP contribution < -0.4 is 19.5 Å². The Labute approximate surface area is 324 Å². The highest BCUT2D eigenvalue weighted by atomic mass is 32.2. The number of hydrogen-bond acceptors (Lipinski definition) is 10. The number of carbonyl (C=O) groups is 2. The second-order valence-electron chi connectivity index (χ2n) is 16.9. The zero-order chi connectivity index (χ0) is 39.7. The van der Waals surface area contributed by atoms with Gasteiger partial charge in [-0.1, -0.05) is 57.5 Å². The van der Waals surface area contributed by atoms with Crippen LogP contribution >= 0.6 is 0 Å². The van der Waals surface area contributed by atoms with Gasteiger partial charge in [0.05, 0.1) is 35.7 Å². The van der Waals surface area contributed by atoms with E-state index in [1.807, 2.05) is 80.3 Å². The fraction of sp³-hybridized carbons (Fsp3) is 0.585. The normalized spacial score (nSPS) is 21.6. The number of methoxy groups -OCH3 is 1. The molecule has 1 aliphatic carbocycles. The first-order valence-electron chi connectivity index (χ1n) is 19.4. The number of aliphatic hydroxyl groups is 2. The lowest BCUT2D eigenvalue weighted by molar-refractivity contribution is -0.148. The van der Waals surface area contributed by atoms with Crippen molar-refractivity contribution in [2.24, 2.45) is 11.3 Å². The number of benzene rings is 2. The van der Waals surface area contributed by atoms with Crippen molar-refractivity contribution in [1.29, 1.82) is 0 Å². The van der Waals surface area contributed by atoms with E-state index < -0.39 is 62.7 Å². The number of likely N-dealkylation sites (tertiary alicyclic amines) is 2. The molecule has 3 aromatic rings.